The number of nitrogens with two attached hydrogens (primary N) is 1. The van der Waals surface area contributed by atoms with Gasteiger partial charge in [0.05, 0.1) is 26.9 Å². The average molecular weight is 299 g/mol. The lowest BCUT2D eigenvalue weighted by Crippen LogP contribution is -2.07. The third kappa shape index (κ3) is 2.11. The van der Waals surface area contributed by atoms with Gasteiger partial charge in [-0.1, -0.05) is 22.8 Å². The minimum Gasteiger partial charge on any atom is -0.367 e. The Bertz CT molecular complexity index is 735. The van der Waals surface area contributed by atoms with Gasteiger partial charge >= 0.3 is 0 Å². The predicted octanol–water partition coefficient (Wildman–Crippen LogP) is 2.51. The molecular formula is C12H11ClN2O3S. The van der Waals surface area contributed by atoms with Crippen LogP contribution in [0.3, 0.4) is 0 Å². The van der Waals surface area contributed by atoms with Gasteiger partial charge in [0.2, 0.25) is 5.88 Å². The standard InChI is InChI=1S/C12H11ClN2O3S/c13-10-5-7(9-6-15-18-12(9)14)1-4-11(10)19(16,17)8-2-3-8/h1,4-6,8H,2-3,14H2. The van der Waals surface area contributed by atoms with Gasteiger partial charge in [0, 0.05) is 0 Å². The van der Waals surface area contributed by atoms with Crippen molar-refractivity contribution >= 4 is 27.3 Å². The number of halogens is 1. The molecule has 0 amide bonds. The van der Waals surface area contributed by atoms with E-state index in [1.165, 1.54) is 12.3 Å². The van der Waals surface area contributed by atoms with Crippen LogP contribution in [0.5, 0.6) is 0 Å². The summed E-state index contributed by atoms with van der Waals surface area (Å²) in [6.07, 6.45) is 2.88. The van der Waals surface area contributed by atoms with Crippen molar-refractivity contribution in [2.75, 3.05) is 5.73 Å². The van der Waals surface area contributed by atoms with E-state index in [0.29, 0.717) is 24.0 Å². The maximum atomic E-state index is 12.1. The van der Waals surface area contributed by atoms with Crippen molar-refractivity contribution in [3.05, 3.63) is 29.4 Å². The zero-order chi connectivity index (χ0) is 13.6. The maximum absolute atomic E-state index is 12.1. The van der Waals surface area contributed by atoms with Gasteiger partial charge in [0.25, 0.3) is 0 Å². The lowest BCUT2D eigenvalue weighted by molar-refractivity contribution is 0.436. The fraction of sp³-hybridized carbons (Fsp3) is 0.250. The molecule has 2 aromatic rings. The minimum atomic E-state index is -3.29. The predicted molar refractivity (Wildman–Crippen MR) is 71.6 cm³/mol. The molecule has 0 radical (unpaired) electrons. The Kier molecular flexibility index (Phi) is 2.79. The number of aromatic nitrogens is 1. The van der Waals surface area contributed by atoms with E-state index in [9.17, 15) is 8.42 Å². The van der Waals surface area contributed by atoms with Crippen LogP contribution in [0.15, 0.2) is 33.8 Å². The number of hydrogen-bond acceptors (Lipinski definition) is 5. The zero-order valence-corrected chi connectivity index (χ0v) is 11.4. The molecule has 1 saturated carbocycles. The second kappa shape index (κ2) is 4.25. The smallest absolute Gasteiger partial charge is 0.229 e. The van der Waals surface area contributed by atoms with E-state index >= 15 is 0 Å². The highest BCUT2D eigenvalue weighted by molar-refractivity contribution is 7.92. The summed E-state index contributed by atoms with van der Waals surface area (Å²) in [5.41, 5.74) is 6.89. The molecule has 100 valence electrons. The Balaban J connectivity index is 2.06. The van der Waals surface area contributed by atoms with Crippen LogP contribution in [-0.4, -0.2) is 18.8 Å². The first-order valence-electron chi connectivity index (χ1n) is 5.74. The van der Waals surface area contributed by atoms with Crippen molar-refractivity contribution in [3.8, 4) is 11.1 Å². The Labute approximate surface area is 115 Å². The summed E-state index contributed by atoms with van der Waals surface area (Å²) in [5, 5.41) is 3.49. The molecule has 1 fully saturated rings. The van der Waals surface area contributed by atoms with E-state index in [1.807, 2.05) is 0 Å². The molecule has 0 unspecified atom stereocenters. The van der Waals surface area contributed by atoms with Crippen molar-refractivity contribution in [1.82, 2.24) is 5.16 Å². The summed E-state index contributed by atoms with van der Waals surface area (Å²) in [7, 11) is -3.29. The number of anilines is 1. The fourth-order valence-corrected chi connectivity index (χ4v) is 4.13. The number of hydrogen-bond donors (Lipinski definition) is 1. The van der Waals surface area contributed by atoms with Crippen molar-refractivity contribution in [2.24, 2.45) is 0 Å². The second-order valence-corrected chi connectivity index (χ2v) is 7.10. The Hall–Kier alpha value is -1.53. The molecule has 1 heterocycles. The summed E-state index contributed by atoms with van der Waals surface area (Å²) in [4.78, 5) is 0.176. The Morgan fingerprint density at radius 1 is 1.37 bits per heavy atom. The number of benzene rings is 1. The minimum absolute atomic E-state index is 0.175. The summed E-state index contributed by atoms with van der Waals surface area (Å²) in [6, 6.07) is 4.74. The lowest BCUT2D eigenvalue weighted by atomic mass is 10.1. The average Bonchev–Trinajstić information content (AvgIpc) is 3.13. The van der Waals surface area contributed by atoms with Crippen LogP contribution >= 0.6 is 11.6 Å². The number of nitrogen functional groups attached to an aromatic ring is 1. The molecule has 1 aliphatic carbocycles. The lowest BCUT2D eigenvalue weighted by Gasteiger charge is -2.07. The molecular weight excluding hydrogens is 288 g/mol. The molecule has 0 bridgehead atoms. The van der Waals surface area contributed by atoms with Crippen molar-refractivity contribution in [2.45, 2.75) is 23.0 Å². The van der Waals surface area contributed by atoms with Crippen LogP contribution in [0.1, 0.15) is 12.8 Å². The molecule has 1 aromatic carbocycles. The number of nitrogens with zero attached hydrogens (tertiary/aromatic N) is 1. The second-order valence-electron chi connectivity index (χ2n) is 4.49. The molecule has 1 aliphatic rings. The van der Waals surface area contributed by atoms with Crippen molar-refractivity contribution in [1.29, 1.82) is 0 Å². The zero-order valence-electron chi connectivity index (χ0n) is 9.84. The van der Waals surface area contributed by atoms with Gasteiger partial charge < -0.3 is 10.3 Å². The molecule has 0 spiro atoms. The highest BCUT2D eigenvalue weighted by atomic mass is 35.5. The highest BCUT2D eigenvalue weighted by Gasteiger charge is 2.38. The summed E-state index contributed by atoms with van der Waals surface area (Å²) in [5.74, 6) is 0.175. The number of sulfone groups is 1. The van der Waals surface area contributed by atoms with E-state index in [4.69, 9.17) is 21.9 Å². The van der Waals surface area contributed by atoms with E-state index in [1.54, 1.807) is 12.1 Å². The number of rotatable bonds is 3. The highest BCUT2D eigenvalue weighted by Crippen LogP contribution is 2.38. The van der Waals surface area contributed by atoms with Crippen LogP contribution in [-0.2, 0) is 9.84 Å². The SMILES string of the molecule is Nc1oncc1-c1ccc(S(=O)(=O)C2CC2)c(Cl)c1. The summed E-state index contributed by atoms with van der Waals surface area (Å²) < 4.78 is 29.1. The van der Waals surface area contributed by atoms with Gasteiger partial charge in [-0.3, -0.25) is 0 Å². The third-order valence-electron chi connectivity index (χ3n) is 3.11. The van der Waals surface area contributed by atoms with E-state index in [-0.39, 0.29) is 21.1 Å². The van der Waals surface area contributed by atoms with Gasteiger partial charge in [0.1, 0.15) is 0 Å². The summed E-state index contributed by atoms with van der Waals surface area (Å²) in [6.45, 7) is 0. The third-order valence-corrected chi connectivity index (χ3v) is 5.85. The van der Waals surface area contributed by atoms with Gasteiger partial charge in [-0.15, -0.1) is 0 Å². The van der Waals surface area contributed by atoms with Crippen molar-refractivity contribution in [3.63, 3.8) is 0 Å². The van der Waals surface area contributed by atoms with Crippen LogP contribution < -0.4 is 5.73 Å². The van der Waals surface area contributed by atoms with Gasteiger partial charge in [-0.2, -0.15) is 0 Å². The van der Waals surface area contributed by atoms with Crippen molar-refractivity contribution < 1.29 is 12.9 Å². The van der Waals surface area contributed by atoms with Gasteiger partial charge in [-0.05, 0) is 30.5 Å². The normalized spacial score (nSPS) is 15.6. The van der Waals surface area contributed by atoms with E-state index in [2.05, 4.69) is 5.16 Å². The largest absolute Gasteiger partial charge is 0.367 e. The Morgan fingerprint density at radius 2 is 2.11 bits per heavy atom. The summed E-state index contributed by atoms with van der Waals surface area (Å²) >= 11 is 6.08. The molecule has 1 aromatic heterocycles. The molecule has 7 heteroatoms. The molecule has 19 heavy (non-hydrogen) atoms. The maximum Gasteiger partial charge on any atom is 0.229 e. The van der Waals surface area contributed by atoms with E-state index < -0.39 is 9.84 Å². The van der Waals surface area contributed by atoms with Crippen LogP contribution in [0.2, 0.25) is 5.02 Å². The van der Waals surface area contributed by atoms with Crippen LogP contribution in [0.4, 0.5) is 5.88 Å². The molecule has 0 aliphatic heterocycles. The molecule has 5 nitrogen and oxygen atoms in total. The van der Waals surface area contributed by atoms with E-state index in [0.717, 1.165) is 0 Å². The fourth-order valence-electron chi connectivity index (χ4n) is 1.92. The Morgan fingerprint density at radius 3 is 2.63 bits per heavy atom. The van der Waals surface area contributed by atoms with Crippen LogP contribution in [0.25, 0.3) is 11.1 Å². The first kappa shape index (κ1) is 12.5. The molecule has 2 N–H and O–H groups in total. The molecule has 0 saturated heterocycles. The first-order chi connectivity index (χ1) is 9.00. The first-order valence-corrected chi connectivity index (χ1v) is 7.66. The quantitative estimate of drug-likeness (QED) is 0.941. The van der Waals surface area contributed by atoms with Crippen LogP contribution in [0, 0.1) is 0 Å². The van der Waals surface area contributed by atoms with Gasteiger partial charge in [0.15, 0.2) is 9.84 Å². The monoisotopic (exact) mass is 298 g/mol. The topological polar surface area (TPSA) is 86.2 Å². The van der Waals surface area contributed by atoms with Gasteiger partial charge in [-0.25, -0.2) is 8.42 Å². The molecule has 3 rings (SSSR count). The molecule has 0 atom stereocenters.